The number of nitrogens with one attached hydrogen (secondary N) is 1. The highest BCUT2D eigenvalue weighted by Gasteiger charge is 2.04. The van der Waals surface area contributed by atoms with Crippen molar-refractivity contribution in [2.75, 3.05) is 13.7 Å². The molecule has 2 aromatic rings. The van der Waals surface area contributed by atoms with Gasteiger partial charge in [0.05, 0.1) is 13.7 Å². The quantitative estimate of drug-likeness (QED) is 0.848. The summed E-state index contributed by atoms with van der Waals surface area (Å²) in [5, 5.41) is 7.64. The van der Waals surface area contributed by atoms with Crippen LogP contribution in [0.3, 0.4) is 0 Å². The summed E-state index contributed by atoms with van der Waals surface area (Å²) in [6, 6.07) is 10.4. The summed E-state index contributed by atoms with van der Waals surface area (Å²) in [6.45, 7) is 3.94. The first kappa shape index (κ1) is 12.6. The van der Waals surface area contributed by atoms with Crippen molar-refractivity contribution >= 4 is 0 Å². The highest BCUT2D eigenvalue weighted by Crippen LogP contribution is 2.16. The molecule has 96 valence electrons. The second kappa shape index (κ2) is 6.21. The fraction of sp³-hybridized carbons (Fsp3) is 0.357. The van der Waals surface area contributed by atoms with E-state index in [9.17, 15) is 0 Å². The number of ether oxygens (including phenoxy) is 1. The number of benzene rings is 1. The lowest BCUT2D eigenvalue weighted by molar-refractivity contribution is 0.414. The molecule has 0 saturated heterocycles. The second-order valence-electron chi connectivity index (χ2n) is 4.22. The molecule has 18 heavy (non-hydrogen) atoms. The van der Waals surface area contributed by atoms with Gasteiger partial charge in [-0.3, -0.25) is 4.68 Å². The van der Waals surface area contributed by atoms with Crippen LogP contribution in [0.25, 0.3) is 0 Å². The molecular weight excluding hydrogens is 226 g/mol. The first-order valence-electron chi connectivity index (χ1n) is 6.14. The topological polar surface area (TPSA) is 39.1 Å². The summed E-state index contributed by atoms with van der Waals surface area (Å²) in [5.74, 6) is 0.891. The van der Waals surface area contributed by atoms with Gasteiger partial charge in [-0.2, -0.15) is 5.10 Å². The van der Waals surface area contributed by atoms with Gasteiger partial charge in [0.1, 0.15) is 5.75 Å². The zero-order chi connectivity index (χ0) is 12.8. The summed E-state index contributed by atoms with van der Waals surface area (Å²) >= 11 is 0. The minimum Gasteiger partial charge on any atom is -0.497 e. The van der Waals surface area contributed by atoms with E-state index < -0.39 is 0 Å². The number of rotatable bonds is 6. The summed E-state index contributed by atoms with van der Waals surface area (Å²) < 4.78 is 7.07. The first-order valence-corrected chi connectivity index (χ1v) is 6.14. The van der Waals surface area contributed by atoms with Crippen molar-refractivity contribution in [2.24, 2.45) is 0 Å². The molecule has 0 amide bonds. The highest BCUT2D eigenvalue weighted by atomic mass is 16.5. The molecule has 4 nitrogen and oxygen atoms in total. The van der Waals surface area contributed by atoms with Crippen LogP contribution < -0.4 is 10.1 Å². The standard InChI is InChI=1S/C14H19N3O/c1-12(13-4-6-14(18-2)7-5-13)15-9-11-17-10-3-8-16-17/h3-8,10,12,15H,9,11H2,1-2H3/t12-/m1/s1. The smallest absolute Gasteiger partial charge is 0.118 e. The SMILES string of the molecule is COc1ccc([C@@H](C)NCCn2cccn2)cc1. The maximum atomic E-state index is 5.15. The minimum absolute atomic E-state index is 0.325. The van der Waals surface area contributed by atoms with E-state index in [1.54, 1.807) is 13.3 Å². The van der Waals surface area contributed by atoms with Crippen molar-refractivity contribution in [1.29, 1.82) is 0 Å². The van der Waals surface area contributed by atoms with Crippen LogP contribution in [0.2, 0.25) is 0 Å². The lowest BCUT2D eigenvalue weighted by atomic mass is 10.1. The third kappa shape index (κ3) is 3.34. The highest BCUT2D eigenvalue weighted by molar-refractivity contribution is 5.28. The molecule has 0 aliphatic carbocycles. The van der Waals surface area contributed by atoms with Gasteiger partial charge in [0, 0.05) is 25.0 Å². The van der Waals surface area contributed by atoms with E-state index in [0.717, 1.165) is 18.8 Å². The number of hydrogen-bond donors (Lipinski definition) is 1. The molecule has 0 bridgehead atoms. The van der Waals surface area contributed by atoms with Crippen LogP contribution in [0, 0.1) is 0 Å². The van der Waals surface area contributed by atoms with Gasteiger partial charge in [-0.25, -0.2) is 0 Å². The summed E-state index contributed by atoms with van der Waals surface area (Å²) in [7, 11) is 1.68. The Bertz CT molecular complexity index is 450. The molecule has 0 aliphatic rings. The monoisotopic (exact) mass is 245 g/mol. The van der Waals surface area contributed by atoms with Crippen molar-refractivity contribution in [3.05, 3.63) is 48.3 Å². The number of nitrogens with zero attached hydrogens (tertiary/aromatic N) is 2. The fourth-order valence-corrected chi connectivity index (χ4v) is 1.84. The van der Waals surface area contributed by atoms with Gasteiger partial charge in [-0.15, -0.1) is 0 Å². The average Bonchev–Trinajstić information content (AvgIpc) is 2.92. The Balaban J connectivity index is 1.81. The van der Waals surface area contributed by atoms with Crippen molar-refractivity contribution in [2.45, 2.75) is 19.5 Å². The molecule has 4 heteroatoms. The third-order valence-corrected chi connectivity index (χ3v) is 2.97. The van der Waals surface area contributed by atoms with Gasteiger partial charge in [0.25, 0.3) is 0 Å². The van der Waals surface area contributed by atoms with Gasteiger partial charge in [0.15, 0.2) is 0 Å². The molecule has 0 radical (unpaired) electrons. The third-order valence-electron chi connectivity index (χ3n) is 2.97. The average molecular weight is 245 g/mol. The summed E-state index contributed by atoms with van der Waals surface area (Å²) in [4.78, 5) is 0. The largest absolute Gasteiger partial charge is 0.497 e. The zero-order valence-corrected chi connectivity index (χ0v) is 10.8. The fourth-order valence-electron chi connectivity index (χ4n) is 1.84. The Labute approximate surface area is 108 Å². The van der Waals surface area contributed by atoms with E-state index in [-0.39, 0.29) is 0 Å². The van der Waals surface area contributed by atoms with Crippen molar-refractivity contribution < 1.29 is 4.74 Å². The molecule has 0 saturated carbocycles. The Morgan fingerprint density at radius 3 is 2.72 bits per heavy atom. The van der Waals surface area contributed by atoms with E-state index >= 15 is 0 Å². The Morgan fingerprint density at radius 1 is 1.33 bits per heavy atom. The van der Waals surface area contributed by atoms with Crippen molar-refractivity contribution in [3.8, 4) is 5.75 Å². The van der Waals surface area contributed by atoms with E-state index in [1.807, 2.05) is 29.1 Å². The molecule has 0 spiro atoms. The Morgan fingerprint density at radius 2 is 2.11 bits per heavy atom. The Hall–Kier alpha value is -1.81. The van der Waals surface area contributed by atoms with Crippen LogP contribution in [0.1, 0.15) is 18.5 Å². The van der Waals surface area contributed by atoms with Gasteiger partial charge in [0.2, 0.25) is 0 Å². The van der Waals surface area contributed by atoms with Crippen LogP contribution in [0.15, 0.2) is 42.7 Å². The van der Waals surface area contributed by atoms with Crippen LogP contribution in [0.5, 0.6) is 5.75 Å². The van der Waals surface area contributed by atoms with Crippen LogP contribution >= 0.6 is 0 Å². The van der Waals surface area contributed by atoms with Crippen molar-refractivity contribution in [1.82, 2.24) is 15.1 Å². The molecule has 1 heterocycles. The number of hydrogen-bond acceptors (Lipinski definition) is 3. The van der Waals surface area contributed by atoms with Gasteiger partial charge in [-0.05, 0) is 30.7 Å². The molecule has 0 unspecified atom stereocenters. The minimum atomic E-state index is 0.325. The molecule has 1 aromatic heterocycles. The molecule has 1 N–H and O–H groups in total. The molecule has 1 atom stereocenters. The van der Waals surface area contributed by atoms with E-state index in [4.69, 9.17) is 4.74 Å². The van der Waals surface area contributed by atoms with Gasteiger partial charge >= 0.3 is 0 Å². The maximum Gasteiger partial charge on any atom is 0.118 e. The predicted molar refractivity (Wildman–Crippen MR) is 71.6 cm³/mol. The maximum absolute atomic E-state index is 5.15. The molecule has 0 fully saturated rings. The van der Waals surface area contributed by atoms with Gasteiger partial charge < -0.3 is 10.1 Å². The summed E-state index contributed by atoms with van der Waals surface area (Å²) in [6.07, 6.45) is 3.77. The van der Waals surface area contributed by atoms with Crippen LogP contribution in [0.4, 0.5) is 0 Å². The van der Waals surface area contributed by atoms with Crippen LogP contribution in [-0.4, -0.2) is 23.4 Å². The number of aromatic nitrogens is 2. The Kier molecular flexibility index (Phi) is 4.36. The zero-order valence-electron chi connectivity index (χ0n) is 10.8. The lowest BCUT2D eigenvalue weighted by Crippen LogP contribution is -2.23. The number of methoxy groups -OCH3 is 1. The van der Waals surface area contributed by atoms with Gasteiger partial charge in [-0.1, -0.05) is 12.1 Å². The van der Waals surface area contributed by atoms with E-state index in [2.05, 4.69) is 29.5 Å². The lowest BCUT2D eigenvalue weighted by Gasteiger charge is -2.14. The predicted octanol–water partition coefficient (Wildman–Crippen LogP) is 2.24. The molecular formula is C14H19N3O. The molecule has 1 aromatic carbocycles. The van der Waals surface area contributed by atoms with E-state index in [1.165, 1.54) is 5.56 Å². The second-order valence-corrected chi connectivity index (χ2v) is 4.22. The summed E-state index contributed by atoms with van der Waals surface area (Å²) in [5.41, 5.74) is 1.26. The normalized spacial score (nSPS) is 12.3. The molecule has 2 rings (SSSR count). The van der Waals surface area contributed by atoms with Crippen molar-refractivity contribution in [3.63, 3.8) is 0 Å². The first-order chi connectivity index (χ1) is 8.79. The molecule has 0 aliphatic heterocycles. The van der Waals surface area contributed by atoms with Crippen LogP contribution in [-0.2, 0) is 6.54 Å². The van der Waals surface area contributed by atoms with E-state index in [0.29, 0.717) is 6.04 Å².